The van der Waals surface area contributed by atoms with Crippen molar-refractivity contribution in [2.75, 3.05) is 6.61 Å². The van der Waals surface area contributed by atoms with Crippen LogP contribution in [-0.2, 0) is 14.3 Å². The molecular formula is C12H18O4. The number of ketones is 1. The summed E-state index contributed by atoms with van der Waals surface area (Å²) in [5, 5.41) is 9.60. The Hall–Kier alpha value is -1.32. The summed E-state index contributed by atoms with van der Waals surface area (Å²) >= 11 is 0. The molecule has 1 heterocycles. The highest BCUT2D eigenvalue weighted by Gasteiger charge is 2.31. The van der Waals surface area contributed by atoms with Crippen molar-refractivity contribution < 1.29 is 19.4 Å². The Morgan fingerprint density at radius 3 is 2.50 bits per heavy atom. The highest BCUT2D eigenvalue weighted by Crippen LogP contribution is 2.18. The van der Waals surface area contributed by atoms with Crippen molar-refractivity contribution in [3.63, 3.8) is 0 Å². The molecule has 16 heavy (non-hydrogen) atoms. The van der Waals surface area contributed by atoms with Gasteiger partial charge in [-0.1, -0.05) is 32.6 Å². The monoisotopic (exact) mass is 226 g/mol. The lowest BCUT2D eigenvalue weighted by Crippen LogP contribution is -2.05. The number of esters is 1. The van der Waals surface area contributed by atoms with E-state index in [9.17, 15) is 14.7 Å². The number of carbonyl (C=O) groups excluding carboxylic acids is 2. The first-order chi connectivity index (χ1) is 7.66. The van der Waals surface area contributed by atoms with E-state index in [-0.39, 0.29) is 17.9 Å². The molecule has 4 nitrogen and oxygen atoms in total. The summed E-state index contributed by atoms with van der Waals surface area (Å²) in [7, 11) is 0. The molecule has 0 saturated carbocycles. The second-order valence-corrected chi connectivity index (χ2v) is 3.99. The molecule has 0 aromatic rings. The van der Waals surface area contributed by atoms with Gasteiger partial charge in [0.05, 0.1) is 0 Å². The van der Waals surface area contributed by atoms with E-state index < -0.39 is 11.8 Å². The van der Waals surface area contributed by atoms with Crippen molar-refractivity contribution in [2.45, 2.75) is 45.4 Å². The predicted molar refractivity (Wildman–Crippen MR) is 59.0 cm³/mol. The number of allylic oxidation sites excluding steroid dienone is 1. The average molecular weight is 226 g/mol. The maximum absolute atomic E-state index is 11.2. The minimum atomic E-state index is -0.684. The summed E-state index contributed by atoms with van der Waals surface area (Å²) < 4.78 is 4.54. The number of aliphatic hydroxyl groups excluding tert-OH is 1. The van der Waals surface area contributed by atoms with E-state index in [0.717, 1.165) is 25.7 Å². The number of carbonyl (C=O) groups is 2. The zero-order valence-corrected chi connectivity index (χ0v) is 9.62. The number of rotatable bonds is 6. The molecule has 0 unspecified atom stereocenters. The van der Waals surface area contributed by atoms with Crippen LogP contribution in [0.1, 0.15) is 45.4 Å². The number of ether oxygens (including phenoxy) is 1. The van der Waals surface area contributed by atoms with Gasteiger partial charge in [-0.25, -0.2) is 4.79 Å². The Labute approximate surface area is 95.3 Å². The molecule has 0 aromatic heterocycles. The molecule has 1 rings (SSSR count). The number of unbranched alkanes of at least 4 members (excludes halogenated alkanes) is 4. The maximum atomic E-state index is 11.2. The first-order valence-corrected chi connectivity index (χ1v) is 5.79. The Kier molecular flexibility index (Phi) is 5.02. The lowest BCUT2D eigenvalue weighted by Gasteiger charge is -2.01. The first-order valence-electron chi connectivity index (χ1n) is 5.79. The van der Waals surface area contributed by atoms with Gasteiger partial charge >= 0.3 is 5.97 Å². The van der Waals surface area contributed by atoms with Crippen molar-refractivity contribution in [2.24, 2.45) is 0 Å². The molecule has 0 bridgehead atoms. The molecule has 1 saturated heterocycles. The standard InChI is InChI=1S/C12H18O4/c1-2-3-4-5-6-7-9(13)11-10(14)8-16-12(11)15/h13H,2-8H2,1H3. The Morgan fingerprint density at radius 1 is 1.25 bits per heavy atom. The van der Waals surface area contributed by atoms with Crippen LogP contribution in [0.15, 0.2) is 11.3 Å². The Bertz CT molecular complexity index is 286. The molecule has 0 radical (unpaired) electrons. The van der Waals surface area contributed by atoms with Crippen LogP contribution in [0, 0.1) is 0 Å². The third-order valence-electron chi connectivity index (χ3n) is 2.62. The number of aliphatic hydroxyl groups is 1. The molecule has 0 amide bonds. The fraction of sp³-hybridized carbons (Fsp3) is 0.667. The molecule has 1 fully saturated rings. The SMILES string of the molecule is CCCCCCCC(O)=C1C(=O)COC1=O. The second-order valence-electron chi connectivity index (χ2n) is 3.99. The topological polar surface area (TPSA) is 63.6 Å². The lowest BCUT2D eigenvalue weighted by atomic mass is 10.1. The average Bonchev–Trinajstić information content (AvgIpc) is 2.58. The van der Waals surface area contributed by atoms with Crippen LogP contribution in [0.2, 0.25) is 0 Å². The number of cyclic esters (lactones) is 1. The lowest BCUT2D eigenvalue weighted by molar-refractivity contribution is -0.135. The van der Waals surface area contributed by atoms with Crippen molar-refractivity contribution in [1.29, 1.82) is 0 Å². The van der Waals surface area contributed by atoms with Gasteiger partial charge in [0.25, 0.3) is 0 Å². The van der Waals surface area contributed by atoms with E-state index in [1.807, 2.05) is 0 Å². The molecule has 1 N–H and O–H groups in total. The minimum Gasteiger partial charge on any atom is -0.511 e. The van der Waals surface area contributed by atoms with Gasteiger partial charge in [-0.2, -0.15) is 0 Å². The van der Waals surface area contributed by atoms with Crippen LogP contribution in [0.5, 0.6) is 0 Å². The Balaban J connectivity index is 2.38. The van der Waals surface area contributed by atoms with E-state index in [1.165, 1.54) is 6.42 Å². The van der Waals surface area contributed by atoms with E-state index >= 15 is 0 Å². The quantitative estimate of drug-likeness (QED) is 0.248. The van der Waals surface area contributed by atoms with Gasteiger partial charge in [0.15, 0.2) is 6.61 Å². The fourth-order valence-corrected chi connectivity index (χ4v) is 1.69. The third kappa shape index (κ3) is 3.36. The Morgan fingerprint density at radius 2 is 1.94 bits per heavy atom. The first kappa shape index (κ1) is 12.7. The normalized spacial score (nSPS) is 18.8. The van der Waals surface area contributed by atoms with Crippen LogP contribution in [0.3, 0.4) is 0 Å². The van der Waals surface area contributed by atoms with Crippen LogP contribution in [0.4, 0.5) is 0 Å². The van der Waals surface area contributed by atoms with Gasteiger partial charge in [0.1, 0.15) is 11.3 Å². The largest absolute Gasteiger partial charge is 0.511 e. The van der Waals surface area contributed by atoms with Gasteiger partial charge in [0, 0.05) is 6.42 Å². The van der Waals surface area contributed by atoms with Gasteiger partial charge in [-0.3, -0.25) is 4.79 Å². The molecule has 0 aromatic carbocycles. The van der Waals surface area contributed by atoms with Crippen molar-refractivity contribution in [3.8, 4) is 0 Å². The zero-order chi connectivity index (χ0) is 12.0. The predicted octanol–water partition coefficient (Wildman–Crippen LogP) is 2.28. The van der Waals surface area contributed by atoms with Crippen molar-refractivity contribution >= 4 is 11.8 Å². The molecule has 0 spiro atoms. The molecular weight excluding hydrogens is 208 g/mol. The van der Waals surface area contributed by atoms with E-state index in [1.54, 1.807) is 0 Å². The number of Topliss-reactive ketones (excluding diaryl/α,β-unsaturated/α-hetero) is 1. The van der Waals surface area contributed by atoms with Gasteiger partial charge in [-0.05, 0) is 6.42 Å². The van der Waals surface area contributed by atoms with Crippen LogP contribution < -0.4 is 0 Å². The van der Waals surface area contributed by atoms with Crippen LogP contribution >= 0.6 is 0 Å². The van der Waals surface area contributed by atoms with E-state index in [4.69, 9.17) is 0 Å². The summed E-state index contributed by atoms with van der Waals surface area (Å²) in [6.07, 6.45) is 5.66. The van der Waals surface area contributed by atoms with Gasteiger partial charge in [-0.15, -0.1) is 0 Å². The highest BCUT2D eigenvalue weighted by molar-refractivity contribution is 6.22. The molecule has 90 valence electrons. The van der Waals surface area contributed by atoms with Crippen molar-refractivity contribution in [1.82, 2.24) is 0 Å². The molecule has 4 heteroatoms. The zero-order valence-electron chi connectivity index (χ0n) is 9.62. The highest BCUT2D eigenvalue weighted by atomic mass is 16.5. The molecule has 1 aliphatic rings. The fourth-order valence-electron chi connectivity index (χ4n) is 1.69. The van der Waals surface area contributed by atoms with Gasteiger partial charge in [0.2, 0.25) is 5.78 Å². The summed E-state index contributed by atoms with van der Waals surface area (Å²) in [6.45, 7) is 1.90. The maximum Gasteiger partial charge on any atom is 0.345 e. The smallest absolute Gasteiger partial charge is 0.345 e. The van der Waals surface area contributed by atoms with Crippen molar-refractivity contribution in [3.05, 3.63) is 11.3 Å². The molecule has 1 aliphatic heterocycles. The second kappa shape index (κ2) is 6.30. The summed E-state index contributed by atoms with van der Waals surface area (Å²) in [6, 6.07) is 0. The number of hydrogen-bond acceptors (Lipinski definition) is 4. The minimum absolute atomic E-state index is 0.107. The van der Waals surface area contributed by atoms with Gasteiger partial charge < -0.3 is 9.84 Å². The summed E-state index contributed by atoms with van der Waals surface area (Å²) in [5.41, 5.74) is -0.143. The third-order valence-corrected chi connectivity index (χ3v) is 2.62. The molecule has 0 atom stereocenters. The van der Waals surface area contributed by atoms with Crippen LogP contribution in [-0.4, -0.2) is 23.5 Å². The van der Waals surface area contributed by atoms with Crippen LogP contribution in [0.25, 0.3) is 0 Å². The number of hydrogen-bond donors (Lipinski definition) is 1. The summed E-state index contributed by atoms with van der Waals surface area (Å²) in [5.74, 6) is -1.20. The van der Waals surface area contributed by atoms with E-state index in [0.29, 0.717) is 6.42 Å². The molecule has 0 aliphatic carbocycles. The van der Waals surface area contributed by atoms with E-state index in [2.05, 4.69) is 11.7 Å². The summed E-state index contributed by atoms with van der Waals surface area (Å²) in [4.78, 5) is 22.3.